The normalized spacial score (nSPS) is 14.3. The van der Waals surface area contributed by atoms with Crippen molar-refractivity contribution in [2.45, 2.75) is 6.54 Å². The van der Waals surface area contributed by atoms with Crippen LogP contribution in [0.2, 0.25) is 0 Å². The Morgan fingerprint density at radius 1 is 1.34 bits per heavy atom. The van der Waals surface area contributed by atoms with Gasteiger partial charge in [0.25, 0.3) is 0 Å². The van der Waals surface area contributed by atoms with E-state index in [2.05, 4.69) is 42.0 Å². The predicted octanol–water partition coefficient (Wildman–Crippen LogP) is 2.11. The number of thiazole rings is 1. The summed E-state index contributed by atoms with van der Waals surface area (Å²) in [7, 11) is 1.73. The first-order valence-electron chi connectivity index (χ1n) is 10.4. The molecule has 1 fully saturated rings. The van der Waals surface area contributed by atoms with Crippen molar-refractivity contribution in [3.05, 3.63) is 42.7 Å². The summed E-state index contributed by atoms with van der Waals surface area (Å²) in [6, 6.07) is 5.74. The average Bonchev–Trinajstić information content (AvgIpc) is 3.21. The van der Waals surface area contributed by atoms with Gasteiger partial charge in [-0.15, -0.1) is 0 Å². The van der Waals surface area contributed by atoms with Crippen LogP contribution in [0, 0.1) is 0 Å². The molecule has 1 amide bonds. The van der Waals surface area contributed by atoms with Gasteiger partial charge in [-0.1, -0.05) is 17.9 Å². The van der Waals surface area contributed by atoms with Gasteiger partial charge in [-0.3, -0.25) is 9.69 Å². The van der Waals surface area contributed by atoms with Gasteiger partial charge < -0.3 is 20.3 Å². The van der Waals surface area contributed by atoms with Crippen LogP contribution in [0.15, 0.2) is 37.1 Å². The summed E-state index contributed by atoms with van der Waals surface area (Å²) in [5.41, 5.74) is 1.73. The van der Waals surface area contributed by atoms with Crippen LogP contribution in [0.25, 0.3) is 10.3 Å². The number of morpholine rings is 1. The van der Waals surface area contributed by atoms with E-state index in [9.17, 15) is 4.79 Å². The van der Waals surface area contributed by atoms with Crippen LogP contribution < -0.4 is 10.6 Å². The third-order valence-corrected chi connectivity index (χ3v) is 5.85. The molecule has 1 aliphatic rings. The van der Waals surface area contributed by atoms with Crippen LogP contribution >= 0.6 is 11.3 Å². The average molecular weight is 455 g/mol. The van der Waals surface area contributed by atoms with E-state index in [0.717, 1.165) is 47.5 Å². The smallest absolute Gasteiger partial charge is 0.245 e. The maximum Gasteiger partial charge on any atom is 0.245 e. The molecule has 4 rings (SSSR count). The van der Waals surface area contributed by atoms with Gasteiger partial charge in [0.1, 0.15) is 16.2 Å². The van der Waals surface area contributed by atoms with E-state index in [1.165, 1.54) is 17.4 Å². The molecule has 0 radical (unpaired) electrons. The number of carbonyl (C=O) groups is 1. The fourth-order valence-corrected chi connectivity index (χ4v) is 4.06. The fraction of sp³-hybridized carbons (Fsp3) is 0.381. The summed E-state index contributed by atoms with van der Waals surface area (Å²) in [6.07, 6.45) is 3.06. The molecule has 11 heteroatoms. The van der Waals surface area contributed by atoms with Gasteiger partial charge in [-0.05, 0) is 18.2 Å². The molecule has 0 atom stereocenters. The minimum atomic E-state index is -0.124. The second-order valence-electron chi connectivity index (χ2n) is 7.32. The molecule has 3 aromatic heterocycles. The minimum Gasteiger partial charge on any atom is -0.379 e. The lowest BCUT2D eigenvalue weighted by molar-refractivity contribution is -0.124. The second-order valence-corrected chi connectivity index (χ2v) is 8.30. The van der Waals surface area contributed by atoms with E-state index in [-0.39, 0.29) is 5.91 Å². The summed E-state index contributed by atoms with van der Waals surface area (Å²) < 4.78 is 5.45. The number of pyridine rings is 1. The predicted molar refractivity (Wildman–Crippen MR) is 125 cm³/mol. The summed E-state index contributed by atoms with van der Waals surface area (Å²) in [5.74, 6) is 1.03. The zero-order valence-corrected chi connectivity index (χ0v) is 18.8. The molecule has 1 saturated heterocycles. The Morgan fingerprint density at radius 2 is 2.19 bits per heavy atom. The first-order valence-corrected chi connectivity index (χ1v) is 11.2. The van der Waals surface area contributed by atoms with Crippen LogP contribution in [0.4, 0.5) is 16.9 Å². The molecule has 32 heavy (non-hydrogen) atoms. The zero-order valence-electron chi connectivity index (χ0n) is 18.0. The first kappa shape index (κ1) is 22.1. The summed E-state index contributed by atoms with van der Waals surface area (Å²) >= 11 is 1.47. The van der Waals surface area contributed by atoms with Crippen molar-refractivity contribution in [2.24, 2.45) is 0 Å². The van der Waals surface area contributed by atoms with E-state index in [1.54, 1.807) is 18.1 Å². The fourth-order valence-electron chi connectivity index (χ4n) is 3.24. The number of anilines is 3. The van der Waals surface area contributed by atoms with Crippen LogP contribution in [0.1, 0.15) is 5.69 Å². The lowest BCUT2D eigenvalue weighted by Gasteiger charge is -2.26. The summed E-state index contributed by atoms with van der Waals surface area (Å²) in [5, 5.41) is 7.23. The molecule has 4 heterocycles. The Labute approximate surface area is 190 Å². The van der Waals surface area contributed by atoms with Gasteiger partial charge >= 0.3 is 0 Å². The highest BCUT2D eigenvalue weighted by molar-refractivity contribution is 7.21. The van der Waals surface area contributed by atoms with E-state index in [1.807, 2.05) is 18.2 Å². The zero-order chi connectivity index (χ0) is 22.3. The maximum atomic E-state index is 11.7. The van der Waals surface area contributed by atoms with Crippen molar-refractivity contribution in [3.8, 4) is 0 Å². The van der Waals surface area contributed by atoms with E-state index < -0.39 is 0 Å². The second kappa shape index (κ2) is 10.4. The number of fused-ring (bicyclic) bond motifs is 1. The summed E-state index contributed by atoms with van der Waals surface area (Å²) in [6.45, 7) is 8.43. The van der Waals surface area contributed by atoms with E-state index in [4.69, 9.17) is 4.74 Å². The molecule has 0 unspecified atom stereocenters. The molecule has 2 N–H and O–H groups in total. The Balaban J connectivity index is 1.50. The third kappa shape index (κ3) is 5.75. The highest BCUT2D eigenvalue weighted by Crippen LogP contribution is 2.26. The molecule has 0 spiro atoms. The Hall–Kier alpha value is -3.15. The lowest BCUT2D eigenvalue weighted by atomic mass is 10.3. The molecule has 0 saturated carbocycles. The molecule has 10 nitrogen and oxygen atoms in total. The number of hydrogen-bond acceptors (Lipinski definition) is 10. The van der Waals surface area contributed by atoms with E-state index >= 15 is 0 Å². The van der Waals surface area contributed by atoms with Gasteiger partial charge in [-0.2, -0.15) is 4.98 Å². The molecule has 3 aromatic rings. The van der Waals surface area contributed by atoms with Gasteiger partial charge in [0.15, 0.2) is 5.13 Å². The van der Waals surface area contributed by atoms with Gasteiger partial charge in [0, 0.05) is 52.0 Å². The van der Waals surface area contributed by atoms with E-state index in [0.29, 0.717) is 31.4 Å². The standard InChI is InChI=1S/C21H26N8O2S/c1-3-18(30)28(2)8-7-23-20-24-15(14-29-9-11-31-12-10-29)13-17(26-20)27-21-25-16-5-4-6-22-19(16)32-21/h3-6,13H,1,7-12,14H2,2H3,(H2,23,24,25,26,27). The van der Waals surface area contributed by atoms with Crippen LogP contribution in [0.3, 0.4) is 0 Å². The highest BCUT2D eigenvalue weighted by Gasteiger charge is 2.14. The van der Waals surface area contributed by atoms with Gasteiger partial charge in [-0.25, -0.2) is 15.0 Å². The number of aromatic nitrogens is 4. The number of amides is 1. The molecule has 0 aliphatic carbocycles. The largest absolute Gasteiger partial charge is 0.379 e. The molecular formula is C21H26N8O2S. The van der Waals surface area contributed by atoms with Crippen LogP contribution in [-0.2, 0) is 16.1 Å². The lowest BCUT2D eigenvalue weighted by Crippen LogP contribution is -2.36. The number of hydrogen-bond donors (Lipinski definition) is 2. The number of ether oxygens (including phenoxy) is 1. The Kier molecular flexibility index (Phi) is 7.20. The maximum absolute atomic E-state index is 11.7. The molecule has 0 bridgehead atoms. The quantitative estimate of drug-likeness (QED) is 0.470. The highest BCUT2D eigenvalue weighted by atomic mass is 32.1. The summed E-state index contributed by atoms with van der Waals surface area (Å²) in [4.78, 5) is 34.6. The topological polar surface area (TPSA) is 108 Å². The SMILES string of the molecule is C=CC(=O)N(C)CCNc1nc(CN2CCOCC2)cc(Nc2nc3cccnc3s2)n1. The van der Waals surface area contributed by atoms with Crippen molar-refractivity contribution in [3.63, 3.8) is 0 Å². The number of rotatable bonds is 9. The number of nitrogens with zero attached hydrogens (tertiary/aromatic N) is 6. The molecule has 0 aromatic carbocycles. The number of carbonyl (C=O) groups excluding carboxylic acids is 1. The van der Waals surface area contributed by atoms with Crippen LogP contribution in [-0.4, -0.2) is 82.1 Å². The van der Waals surface area contributed by atoms with Crippen molar-refractivity contribution in [1.82, 2.24) is 29.7 Å². The van der Waals surface area contributed by atoms with Gasteiger partial charge in [0.05, 0.1) is 18.9 Å². The van der Waals surface area contributed by atoms with Crippen molar-refractivity contribution in [2.75, 3.05) is 57.1 Å². The first-order chi connectivity index (χ1) is 15.6. The number of likely N-dealkylation sites (N-methyl/N-ethyl adjacent to an activating group) is 1. The molecule has 168 valence electrons. The van der Waals surface area contributed by atoms with Crippen molar-refractivity contribution < 1.29 is 9.53 Å². The Morgan fingerprint density at radius 3 is 2.97 bits per heavy atom. The van der Waals surface area contributed by atoms with Crippen molar-refractivity contribution in [1.29, 1.82) is 0 Å². The minimum absolute atomic E-state index is 0.124. The molecular weight excluding hydrogens is 428 g/mol. The van der Waals surface area contributed by atoms with Gasteiger partial charge in [0.2, 0.25) is 11.9 Å². The number of nitrogens with one attached hydrogen (secondary N) is 2. The monoisotopic (exact) mass is 454 g/mol. The third-order valence-electron chi connectivity index (χ3n) is 4.95. The van der Waals surface area contributed by atoms with Crippen LogP contribution in [0.5, 0.6) is 0 Å². The Bertz CT molecular complexity index is 1050. The van der Waals surface area contributed by atoms with Crippen molar-refractivity contribution >= 4 is 44.5 Å². The molecule has 1 aliphatic heterocycles.